The normalized spacial score (nSPS) is 18.7. The maximum atomic E-state index is 12.7. The number of benzene rings is 2. The zero-order valence-electron chi connectivity index (χ0n) is 15.8. The fourth-order valence-electron chi connectivity index (χ4n) is 3.52. The van der Waals surface area contributed by atoms with Gasteiger partial charge in [0.2, 0.25) is 22.7 Å². The monoisotopic (exact) mass is 402 g/mol. The van der Waals surface area contributed by atoms with Crippen LogP contribution in [0.4, 0.5) is 5.69 Å². The van der Waals surface area contributed by atoms with Gasteiger partial charge in [-0.1, -0.05) is 12.1 Å². The van der Waals surface area contributed by atoms with E-state index in [4.69, 9.17) is 9.47 Å². The molecule has 1 saturated heterocycles. The number of hydrogen-bond donors (Lipinski definition) is 1. The predicted octanol–water partition coefficient (Wildman–Crippen LogP) is 2.36. The number of amides is 1. The van der Waals surface area contributed by atoms with Crippen molar-refractivity contribution in [3.05, 3.63) is 47.5 Å². The first-order chi connectivity index (χ1) is 13.3. The van der Waals surface area contributed by atoms with Crippen LogP contribution in [0, 0.1) is 19.8 Å². The van der Waals surface area contributed by atoms with Gasteiger partial charge in [0.05, 0.1) is 4.90 Å². The van der Waals surface area contributed by atoms with Crippen LogP contribution >= 0.6 is 0 Å². The fraction of sp³-hybridized carbons (Fsp3) is 0.350. The van der Waals surface area contributed by atoms with Crippen molar-refractivity contribution < 1.29 is 22.7 Å². The van der Waals surface area contributed by atoms with Crippen LogP contribution < -0.4 is 19.1 Å². The summed E-state index contributed by atoms with van der Waals surface area (Å²) in [6, 6.07) is 10.7. The minimum atomic E-state index is -3.62. The molecule has 0 aromatic heterocycles. The van der Waals surface area contributed by atoms with E-state index in [9.17, 15) is 13.2 Å². The van der Waals surface area contributed by atoms with Gasteiger partial charge in [0.25, 0.3) is 0 Å². The van der Waals surface area contributed by atoms with Gasteiger partial charge in [-0.3, -0.25) is 4.79 Å². The number of fused-ring (bicyclic) bond motifs is 1. The molecular weight excluding hydrogens is 380 g/mol. The summed E-state index contributed by atoms with van der Waals surface area (Å²) in [5.41, 5.74) is 2.31. The highest BCUT2D eigenvalue weighted by Gasteiger charge is 2.32. The van der Waals surface area contributed by atoms with Crippen molar-refractivity contribution in [2.75, 3.05) is 24.8 Å². The van der Waals surface area contributed by atoms with E-state index in [1.807, 2.05) is 19.1 Å². The summed E-state index contributed by atoms with van der Waals surface area (Å²) in [5, 5.41) is 0. The molecule has 7 nitrogen and oxygen atoms in total. The first-order valence-corrected chi connectivity index (χ1v) is 10.6. The largest absolute Gasteiger partial charge is 0.454 e. The van der Waals surface area contributed by atoms with Crippen molar-refractivity contribution in [1.29, 1.82) is 0 Å². The SMILES string of the molecule is Cc1ccc(C)c(S(=O)(=O)NC[C@H]2CC(=O)N(c3ccc4c(c3)OCO4)C2)c1. The molecule has 8 heteroatoms. The highest BCUT2D eigenvalue weighted by molar-refractivity contribution is 7.89. The number of hydrogen-bond acceptors (Lipinski definition) is 5. The number of ether oxygens (including phenoxy) is 2. The Balaban J connectivity index is 1.44. The minimum absolute atomic E-state index is 0.0326. The highest BCUT2D eigenvalue weighted by atomic mass is 32.2. The van der Waals surface area contributed by atoms with Crippen molar-refractivity contribution in [2.24, 2.45) is 5.92 Å². The zero-order valence-corrected chi connectivity index (χ0v) is 16.6. The molecule has 0 spiro atoms. The Morgan fingerprint density at radius 3 is 2.71 bits per heavy atom. The lowest BCUT2D eigenvalue weighted by Gasteiger charge is -2.17. The van der Waals surface area contributed by atoms with Crippen LogP contribution in [-0.2, 0) is 14.8 Å². The second-order valence-electron chi connectivity index (χ2n) is 7.23. The van der Waals surface area contributed by atoms with Crippen molar-refractivity contribution in [3.63, 3.8) is 0 Å². The number of nitrogens with zero attached hydrogens (tertiary/aromatic N) is 1. The van der Waals surface area contributed by atoms with Gasteiger partial charge in [-0.25, -0.2) is 13.1 Å². The van der Waals surface area contributed by atoms with Crippen LogP contribution in [0.15, 0.2) is 41.3 Å². The lowest BCUT2D eigenvalue weighted by molar-refractivity contribution is -0.117. The van der Waals surface area contributed by atoms with E-state index in [1.165, 1.54) is 0 Å². The molecule has 0 saturated carbocycles. The zero-order chi connectivity index (χ0) is 19.9. The average Bonchev–Trinajstić information content (AvgIpc) is 3.27. The predicted molar refractivity (Wildman–Crippen MR) is 104 cm³/mol. The van der Waals surface area contributed by atoms with E-state index in [-0.39, 0.29) is 30.1 Å². The van der Waals surface area contributed by atoms with Crippen molar-refractivity contribution in [1.82, 2.24) is 4.72 Å². The molecule has 1 N–H and O–H groups in total. The first-order valence-electron chi connectivity index (χ1n) is 9.10. The summed E-state index contributed by atoms with van der Waals surface area (Å²) >= 11 is 0. The van der Waals surface area contributed by atoms with Gasteiger partial charge in [-0.05, 0) is 49.1 Å². The molecule has 1 fully saturated rings. The molecule has 2 aliphatic rings. The molecule has 0 unspecified atom stereocenters. The molecule has 2 aliphatic heterocycles. The molecule has 2 heterocycles. The molecule has 2 aromatic carbocycles. The van der Waals surface area contributed by atoms with Crippen molar-refractivity contribution >= 4 is 21.6 Å². The van der Waals surface area contributed by atoms with Gasteiger partial charge in [0.1, 0.15) is 0 Å². The van der Waals surface area contributed by atoms with Gasteiger partial charge in [0, 0.05) is 31.3 Å². The molecule has 2 aromatic rings. The Labute approximate surface area is 164 Å². The van der Waals surface area contributed by atoms with Crippen LogP contribution in [0.1, 0.15) is 17.5 Å². The van der Waals surface area contributed by atoms with Crippen molar-refractivity contribution in [3.8, 4) is 11.5 Å². The van der Waals surface area contributed by atoms with Gasteiger partial charge in [-0.15, -0.1) is 0 Å². The molecule has 28 heavy (non-hydrogen) atoms. The summed E-state index contributed by atoms with van der Waals surface area (Å²) in [6.07, 6.45) is 0.295. The third-order valence-electron chi connectivity index (χ3n) is 5.07. The minimum Gasteiger partial charge on any atom is -0.454 e. The number of rotatable bonds is 5. The van der Waals surface area contributed by atoms with E-state index < -0.39 is 10.0 Å². The van der Waals surface area contributed by atoms with Crippen LogP contribution in [0.3, 0.4) is 0 Å². The second-order valence-corrected chi connectivity index (χ2v) is 8.97. The van der Waals surface area contributed by atoms with Crippen molar-refractivity contribution in [2.45, 2.75) is 25.2 Å². The average molecular weight is 402 g/mol. The Bertz CT molecular complexity index is 1030. The van der Waals surface area contributed by atoms with Gasteiger partial charge >= 0.3 is 0 Å². The molecule has 0 bridgehead atoms. The van der Waals surface area contributed by atoms with E-state index in [0.29, 0.717) is 30.0 Å². The maximum Gasteiger partial charge on any atom is 0.240 e. The number of nitrogens with one attached hydrogen (secondary N) is 1. The van der Waals surface area contributed by atoms with Gasteiger partial charge in [0.15, 0.2) is 11.5 Å². The lowest BCUT2D eigenvalue weighted by Crippen LogP contribution is -2.31. The van der Waals surface area contributed by atoms with Crippen LogP contribution in [-0.4, -0.2) is 34.2 Å². The quantitative estimate of drug-likeness (QED) is 0.830. The third kappa shape index (κ3) is 3.57. The standard InChI is InChI=1S/C20H22N2O5S/c1-13-3-4-14(2)19(7-13)28(24,25)21-10-15-8-20(23)22(11-15)16-5-6-17-18(9-16)27-12-26-17/h3-7,9,15,21H,8,10-12H2,1-2H3/t15-/m1/s1. The molecule has 4 rings (SSSR count). The van der Waals surface area contributed by atoms with E-state index in [2.05, 4.69) is 4.72 Å². The number of sulfonamides is 1. The molecule has 0 radical (unpaired) electrons. The van der Waals surface area contributed by atoms with Gasteiger partial charge < -0.3 is 14.4 Å². The Hall–Kier alpha value is -2.58. The van der Waals surface area contributed by atoms with Gasteiger partial charge in [-0.2, -0.15) is 0 Å². The summed E-state index contributed by atoms with van der Waals surface area (Å²) < 4.78 is 38.7. The summed E-state index contributed by atoms with van der Waals surface area (Å²) in [4.78, 5) is 14.4. The summed E-state index contributed by atoms with van der Waals surface area (Å²) in [5.74, 6) is 1.14. The first kappa shape index (κ1) is 18.8. The fourth-order valence-corrected chi connectivity index (χ4v) is 4.97. The van der Waals surface area contributed by atoms with Crippen LogP contribution in [0.5, 0.6) is 11.5 Å². The molecular formula is C20H22N2O5S. The number of carbonyl (C=O) groups excluding carboxylic acids is 1. The van der Waals surface area contributed by atoms with Crippen LogP contribution in [0.2, 0.25) is 0 Å². The second kappa shape index (κ2) is 7.10. The summed E-state index contributed by atoms with van der Waals surface area (Å²) in [6.45, 7) is 4.47. The Kier molecular flexibility index (Phi) is 4.76. The summed E-state index contributed by atoms with van der Waals surface area (Å²) in [7, 11) is -3.62. The van der Waals surface area contributed by atoms with E-state index in [1.54, 1.807) is 36.1 Å². The smallest absolute Gasteiger partial charge is 0.240 e. The third-order valence-corrected chi connectivity index (χ3v) is 6.63. The maximum absolute atomic E-state index is 12.7. The molecule has 148 valence electrons. The number of aryl methyl sites for hydroxylation is 2. The topological polar surface area (TPSA) is 84.9 Å². The van der Waals surface area contributed by atoms with E-state index in [0.717, 1.165) is 11.3 Å². The number of carbonyl (C=O) groups is 1. The molecule has 1 amide bonds. The van der Waals surface area contributed by atoms with E-state index >= 15 is 0 Å². The highest BCUT2D eigenvalue weighted by Crippen LogP contribution is 2.37. The molecule has 0 aliphatic carbocycles. The lowest BCUT2D eigenvalue weighted by atomic mass is 10.1. The number of anilines is 1. The Morgan fingerprint density at radius 2 is 1.89 bits per heavy atom. The Morgan fingerprint density at radius 1 is 1.11 bits per heavy atom. The molecule has 1 atom stereocenters. The van der Waals surface area contributed by atoms with Crippen LogP contribution in [0.25, 0.3) is 0 Å².